The molecule has 0 aromatic heterocycles. The highest BCUT2D eigenvalue weighted by molar-refractivity contribution is 5.92. The lowest BCUT2D eigenvalue weighted by atomic mass is 9.85. The van der Waals surface area contributed by atoms with Gasteiger partial charge in [-0.2, -0.15) is 0 Å². The summed E-state index contributed by atoms with van der Waals surface area (Å²) in [7, 11) is 0. The number of ether oxygens (including phenoxy) is 2. The van der Waals surface area contributed by atoms with Gasteiger partial charge < -0.3 is 14.6 Å². The van der Waals surface area contributed by atoms with E-state index in [9.17, 15) is 19.5 Å². The van der Waals surface area contributed by atoms with Gasteiger partial charge in [0, 0.05) is 23.6 Å². The third-order valence-corrected chi connectivity index (χ3v) is 4.92. The zero-order valence-electron chi connectivity index (χ0n) is 16.0. The highest BCUT2D eigenvalue weighted by Crippen LogP contribution is 2.36. The highest BCUT2D eigenvalue weighted by Gasteiger charge is 2.44. The average molecular weight is 374 g/mol. The van der Waals surface area contributed by atoms with E-state index in [1.165, 1.54) is 12.2 Å². The molecule has 0 aromatic carbocycles. The number of carbonyl (C=O) groups is 3. The van der Waals surface area contributed by atoms with E-state index < -0.39 is 36.0 Å². The number of aliphatic carboxylic acids is 1. The largest absolute Gasteiger partial charge is 0.478 e. The normalized spacial score (nSPS) is 30.3. The molecule has 27 heavy (non-hydrogen) atoms. The molecule has 0 aromatic rings. The Morgan fingerprint density at radius 2 is 2.15 bits per heavy atom. The molecule has 0 spiro atoms. The van der Waals surface area contributed by atoms with E-state index in [0.717, 1.165) is 17.6 Å². The Hall–Kier alpha value is -2.63. The fourth-order valence-electron chi connectivity index (χ4n) is 3.24. The van der Waals surface area contributed by atoms with Crippen molar-refractivity contribution in [1.82, 2.24) is 0 Å². The first-order valence-corrected chi connectivity index (χ1v) is 9.10. The van der Waals surface area contributed by atoms with E-state index in [4.69, 9.17) is 9.47 Å². The first kappa shape index (κ1) is 20.7. The van der Waals surface area contributed by atoms with Gasteiger partial charge in [0.1, 0.15) is 12.2 Å². The molecular formula is C21H26O6. The van der Waals surface area contributed by atoms with E-state index in [1.807, 2.05) is 26.8 Å². The third-order valence-electron chi connectivity index (χ3n) is 4.92. The zero-order chi connectivity index (χ0) is 20.1. The molecule has 6 nitrogen and oxygen atoms in total. The van der Waals surface area contributed by atoms with Crippen molar-refractivity contribution in [1.29, 1.82) is 0 Å². The van der Waals surface area contributed by atoms with Crippen molar-refractivity contribution in [2.75, 3.05) is 0 Å². The molecule has 1 aliphatic carbocycles. The summed E-state index contributed by atoms with van der Waals surface area (Å²) in [6.45, 7) is 9.47. The van der Waals surface area contributed by atoms with Gasteiger partial charge in [0.2, 0.25) is 0 Å². The van der Waals surface area contributed by atoms with E-state index in [0.29, 0.717) is 19.3 Å². The molecule has 1 heterocycles. The van der Waals surface area contributed by atoms with Crippen molar-refractivity contribution < 1.29 is 29.0 Å². The summed E-state index contributed by atoms with van der Waals surface area (Å²) in [6.07, 6.45) is 5.39. The van der Waals surface area contributed by atoms with Gasteiger partial charge in [0.05, 0.1) is 5.92 Å². The number of carboxylic acids is 1. The van der Waals surface area contributed by atoms with Crippen molar-refractivity contribution in [2.45, 2.75) is 58.7 Å². The van der Waals surface area contributed by atoms with Crippen LogP contribution in [0, 0.1) is 5.92 Å². The van der Waals surface area contributed by atoms with Gasteiger partial charge in [-0.25, -0.2) is 14.4 Å². The number of carbonyl (C=O) groups excluding carboxylic acids is 2. The first-order chi connectivity index (χ1) is 12.7. The quantitative estimate of drug-likeness (QED) is 0.460. The molecule has 3 atom stereocenters. The smallest absolute Gasteiger partial charge is 0.334 e. The summed E-state index contributed by atoms with van der Waals surface area (Å²) in [6, 6.07) is 0. The number of rotatable bonds is 4. The lowest BCUT2D eigenvalue weighted by molar-refractivity contribution is -0.146. The molecule has 146 valence electrons. The second-order valence-electron chi connectivity index (χ2n) is 7.03. The summed E-state index contributed by atoms with van der Waals surface area (Å²) in [4.78, 5) is 35.9. The lowest BCUT2D eigenvalue weighted by Gasteiger charge is -2.27. The van der Waals surface area contributed by atoms with Crippen LogP contribution >= 0.6 is 0 Å². The zero-order valence-corrected chi connectivity index (χ0v) is 16.0. The van der Waals surface area contributed by atoms with Crippen LogP contribution in [0.1, 0.15) is 46.5 Å². The van der Waals surface area contributed by atoms with Gasteiger partial charge in [-0.1, -0.05) is 30.7 Å². The fourth-order valence-corrected chi connectivity index (χ4v) is 3.24. The van der Waals surface area contributed by atoms with Crippen molar-refractivity contribution >= 4 is 17.9 Å². The Kier molecular flexibility index (Phi) is 6.77. The molecule has 1 N–H and O–H groups in total. The first-order valence-electron chi connectivity index (χ1n) is 9.10. The standard InChI is InChI=1S/C21H26O6/c1-5-12(2)10-18(22)26-16-9-13(3)7-6-8-15(20(23)24)11-17-19(16)14(4)21(25)27-17/h7,10-11,16-17,19H,4-6,8-9H2,1-3H3,(H,23,24)/b12-10+,13-7+,15-11+/t16-,17-,19-/m1/s1. The number of carboxylic acid groups (broad SMARTS) is 1. The maximum absolute atomic E-state index is 12.3. The Balaban J connectivity index is 2.41. The van der Waals surface area contributed by atoms with Crippen molar-refractivity contribution in [2.24, 2.45) is 5.92 Å². The Bertz CT molecular complexity index is 740. The third kappa shape index (κ3) is 5.18. The minimum absolute atomic E-state index is 0.172. The number of allylic oxidation sites excluding steroid dienone is 2. The molecule has 0 saturated carbocycles. The van der Waals surface area contributed by atoms with Crippen molar-refractivity contribution in [3.05, 3.63) is 47.1 Å². The van der Waals surface area contributed by atoms with Gasteiger partial charge >= 0.3 is 17.9 Å². The van der Waals surface area contributed by atoms with E-state index >= 15 is 0 Å². The van der Waals surface area contributed by atoms with Crippen molar-refractivity contribution in [3.8, 4) is 0 Å². The van der Waals surface area contributed by atoms with E-state index in [2.05, 4.69) is 6.58 Å². The highest BCUT2D eigenvalue weighted by atomic mass is 16.6. The molecule has 1 fully saturated rings. The maximum atomic E-state index is 12.3. The number of hydrogen-bond donors (Lipinski definition) is 1. The van der Waals surface area contributed by atoms with Crippen LogP contribution in [-0.2, 0) is 23.9 Å². The van der Waals surface area contributed by atoms with E-state index in [1.54, 1.807) is 0 Å². The second-order valence-corrected chi connectivity index (χ2v) is 7.03. The van der Waals surface area contributed by atoms with E-state index in [-0.39, 0.29) is 11.1 Å². The molecule has 2 aliphatic rings. The summed E-state index contributed by atoms with van der Waals surface area (Å²) in [5.41, 5.74) is 2.21. The minimum Gasteiger partial charge on any atom is -0.478 e. The molecule has 1 aliphatic heterocycles. The molecule has 6 heteroatoms. The topological polar surface area (TPSA) is 89.9 Å². The number of esters is 2. The van der Waals surface area contributed by atoms with Crippen LogP contribution in [0.25, 0.3) is 0 Å². The van der Waals surface area contributed by atoms with Crippen LogP contribution in [0.15, 0.2) is 47.1 Å². The predicted molar refractivity (Wildman–Crippen MR) is 99.8 cm³/mol. The average Bonchev–Trinajstić information content (AvgIpc) is 2.86. The molecule has 0 unspecified atom stereocenters. The Morgan fingerprint density at radius 1 is 1.44 bits per heavy atom. The number of fused-ring (bicyclic) bond motifs is 1. The molecule has 0 bridgehead atoms. The Morgan fingerprint density at radius 3 is 2.78 bits per heavy atom. The SMILES string of the molecule is C=C1C(=O)O[C@@H]2/C=C(/C(=O)O)CC/C=C(\C)C[C@@H](OC(=O)/C=C(\C)CC)[C@@H]12. The van der Waals surface area contributed by atoms with Crippen LogP contribution in [0.5, 0.6) is 0 Å². The summed E-state index contributed by atoms with van der Waals surface area (Å²) >= 11 is 0. The second kappa shape index (κ2) is 8.84. The van der Waals surface area contributed by atoms with Crippen LogP contribution in [0.4, 0.5) is 0 Å². The molecule has 2 rings (SSSR count). The van der Waals surface area contributed by atoms with Crippen LogP contribution in [0.3, 0.4) is 0 Å². The molecular weight excluding hydrogens is 348 g/mol. The van der Waals surface area contributed by atoms with Crippen LogP contribution in [-0.4, -0.2) is 35.2 Å². The van der Waals surface area contributed by atoms with Gasteiger partial charge in [0.15, 0.2) is 0 Å². The molecule has 0 radical (unpaired) electrons. The van der Waals surface area contributed by atoms with Crippen molar-refractivity contribution in [3.63, 3.8) is 0 Å². The minimum atomic E-state index is -1.05. The van der Waals surface area contributed by atoms with Gasteiger partial charge in [-0.3, -0.25) is 0 Å². The fraction of sp³-hybridized carbons (Fsp3) is 0.476. The van der Waals surface area contributed by atoms with Gasteiger partial charge in [-0.15, -0.1) is 0 Å². The molecule has 1 saturated heterocycles. The van der Waals surface area contributed by atoms with Crippen LogP contribution in [0.2, 0.25) is 0 Å². The number of hydrogen-bond acceptors (Lipinski definition) is 5. The van der Waals surface area contributed by atoms with Gasteiger partial charge in [-0.05, 0) is 39.2 Å². The summed E-state index contributed by atoms with van der Waals surface area (Å²) < 4.78 is 11.0. The van der Waals surface area contributed by atoms with Crippen LogP contribution < -0.4 is 0 Å². The predicted octanol–water partition coefficient (Wildman–Crippen LogP) is 3.49. The Labute approximate surface area is 159 Å². The summed E-state index contributed by atoms with van der Waals surface area (Å²) in [5.74, 6) is -2.75. The maximum Gasteiger partial charge on any atom is 0.334 e. The monoisotopic (exact) mass is 374 g/mol. The summed E-state index contributed by atoms with van der Waals surface area (Å²) in [5, 5.41) is 9.43. The van der Waals surface area contributed by atoms with Gasteiger partial charge in [0.25, 0.3) is 0 Å². The lowest BCUT2D eigenvalue weighted by Crippen LogP contribution is -2.33. The molecule has 0 amide bonds.